The van der Waals surface area contributed by atoms with Crippen LogP contribution >= 0.6 is 11.8 Å². The number of rotatable bonds is 3. The summed E-state index contributed by atoms with van der Waals surface area (Å²) in [6, 6.07) is 8.26. The van der Waals surface area contributed by atoms with Crippen LogP contribution in [0.1, 0.15) is 24.5 Å². The second-order valence-electron chi connectivity index (χ2n) is 4.31. The zero-order valence-corrected chi connectivity index (χ0v) is 10.5. The van der Waals surface area contributed by atoms with Crippen LogP contribution in [-0.2, 0) is 0 Å². The maximum atomic E-state index is 10.3. The topological polar surface area (TPSA) is 32.3 Å². The van der Waals surface area contributed by atoms with Gasteiger partial charge in [0.25, 0.3) is 0 Å². The molecule has 0 aromatic heterocycles. The molecule has 1 aliphatic rings. The molecule has 2 N–H and O–H groups in total. The van der Waals surface area contributed by atoms with Gasteiger partial charge in [-0.1, -0.05) is 12.1 Å². The van der Waals surface area contributed by atoms with Crippen LogP contribution in [-0.4, -0.2) is 24.5 Å². The summed E-state index contributed by atoms with van der Waals surface area (Å²) < 4.78 is 0. The van der Waals surface area contributed by atoms with E-state index < -0.39 is 0 Å². The molecule has 0 radical (unpaired) electrons. The Bertz CT molecular complexity index is 336. The number of hydrogen-bond acceptors (Lipinski definition) is 3. The molecule has 1 aromatic carbocycles. The largest absolute Gasteiger partial charge is 0.388 e. The fourth-order valence-corrected chi connectivity index (χ4v) is 2.73. The normalized spacial score (nSPS) is 19.6. The summed E-state index contributed by atoms with van der Waals surface area (Å²) in [6.45, 7) is 2.06. The lowest BCUT2D eigenvalue weighted by atomic mass is 9.88. The van der Waals surface area contributed by atoms with E-state index in [1.54, 1.807) is 11.8 Å². The van der Waals surface area contributed by atoms with E-state index in [-0.39, 0.29) is 6.10 Å². The van der Waals surface area contributed by atoms with Gasteiger partial charge in [-0.15, -0.1) is 11.8 Å². The highest BCUT2D eigenvalue weighted by Crippen LogP contribution is 2.30. The molecule has 1 unspecified atom stereocenters. The van der Waals surface area contributed by atoms with Crippen LogP contribution in [0.15, 0.2) is 29.2 Å². The summed E-state index contributed by atoms with van der Waals surface area (Å²) in [5.74, 6) is 0.415. The van der Waals surface area contributed by atoms with Crippen molar-refractivity contribution >= 4 is 11.8 Å². The summed E-state index contributed by atoms with van der Waals surface area (Å²) in [4.78, 5) is 1.23. The van der Waals surface area contributed by atoms with Crippen molar-refractivity contribution in [1.29, 1.82) is 0 Å². The van der Waals surface area contributed by atoms with E-state index in [0.717, 1.165) is 31.5 Å². The van der Waals surface area contributed by atoms with Gasteiger partial charge in [0.2, 0.25) is 0 Å². The number of aliphatic hydroxyl groups is 1. The third-order valence-electron chi connectivity index (χ3n) is 3.27. The molecule has 3 heteroatoms. The number of benzene rings is 1. The van der Waals surface area contributed by atoms with Gasteiger partial charge in [-0.05, 0) is 55.8 Å². The Kier molecular flexibility index (Phi) is 4.27. The minimum absolute atomic E-state index is 0.297. The number of aliphatic hydroxyl groups excluding tert-OH is 1. The van der Waals surface area contributed by atoms with E-state index in [1.165, 1.54) is 4.90 Å². The van der Waals surface area contributed by atoms with Gasteiger partial charge in [0, 0.05) is 4.90 Å². The summed E-state index contributed by atoms with van der Waals surface area (Å²) >= 11 is 1.72. The molecule has 1 aliphatic heterocycles. The fourth-order valence-electron chi connectivity index (χ4n) is 2.26. The van der Waals surface area contributed by atoms with Crippen LogP contribution in [0.5, 0.6) is 0 Å². The average molecular weight is 237 g/mol. The van der Waals surface area contributed by atoms with Crippen molar-refractivity contribution in [3.8, 4) is 0 Å². The summed E-state index contributed by atoms with van der Waals surface area (Å²) in [6.07, 6.45) is 3.92. The molecular weight excluding hydrogens is 218 g/mol. The lowest BCUT2D eigenvalue weighted by Crippen LogP contribution is -2.30. The van der Waals surface area contributed by atoms with Crippen molar-refractivity contribution in [2.45, 2.75) is 23.8 Å². The minimum Gasteiger partial charge on any atom is -0.388 e. The minimum atomic E-state index is -0.297. The summed E-state index contributed by atoms with van der Waals surface area (Å²) in [7, 11) is 0. The van der Waals surface area contributed by atoms with Gasteiger partial charge in [-0.25, -0.2) is 0 Å². The molecule has 0 bridgehead atoms. The Morgan fingerprint density at radius 1 is 1.38 bits per heavy atom. The Morgan fingerprint density at radius 2 is 2.12 bits per heavy atom. The third-order valence-corrected chi connectivity index (χ3v) is 3.99. The van der Waals surface area contributed by atoms with Gasteiger partial charge < -0.3 is 10.4 Å². The molecule has 1 aromatic rings. The van der Waals surface area contributed by atoms with Crippen LogP contribution in [0, 0.1) is 5.92 Å². The summed E-state index contributed by atoms with van der Waals surface area (Å²) in [5, 5.41) is 13.7. The molecule has 1 heterocycles. The fraction of sp³-hybridized carbons (Fsp3) is 0.538. The first-order valence-corrected chi connectivity index (χ1v) is 7.06. The van der Waals surface area contributed by atoms with Crippen LogP contribution in [0.25, 0.3) is 0 Å². The first-order valence-electron chi connectivity index (χ1n) is 5.84. The van der Waals surface area contributed by atoms with E-state index in [2.05, 4.69) is 23.7 Å². The van der Waals surface area contributed by atoms with Crippen LogP contribution in [0.4, 0.5) is 0 Å². The molecule has 1 saturated heterocycles. The van der Waals surface area contributed by atoms with Crippen molar-refractivity contribution in [2.75, 3.05) is 19.3 Å². The highest BCUT2D eigenvalue weighted by atomic mass is 32.2. The van der Waals surface area contributed by atoms with Crippen LogP contribution in [0.3, 0.4) is 0 Å². The SMILES string of the molecule is CSc1cccc(C(O)C2CCNCC2)c1. The Hall–Kier alpha value is -0.510. The first kappa shape index (κ1) is 12.0. The first-order chi connectivity index (χ1) is 7.81. The number of hydrogen-bond donors (Lipinski definition) is 2. The molecule has 1 atom stereocenters. The lowest BCUT2D eigenvalue weighted by molar-refractivity contribution is 0.0887. The van der Waals surface area contributed by atoms with E-state index in [4.69, 9.17) is 0 Å². The number of piperidine rings is 1. The smallest absolute Gasteiger partial charge is 0.0819 e. The van der Waals surface area contributed by atoms with E-state index in [0.29, 0.717) is 5.92 Å². The van der Waals surface area contributed by atoms with Crippen molar-refractivity contribution in [3.63, 3.8) is 0 Å². The van der Waals surface area contributed by atoms with Gasteiger partial charge in [-0.3, -0.25) is 0 Å². The highest BCUT2D eigenvalue weighted by molar-refractivity contribution is 7.98. The Labute approximate surface area is 101 Å². The van der Waals surface area contributed by atoms with E-state index in [1.807, 2.05) is 12.1 Å². The Morgan fingerprint density at radius 3 is 2.81 bits per heavy atom. The standard InChI is InChI=1S/C13H19NOS/c1-16-12-4-2-3-11(9-12)13(15)10-5-7-14-8-6-10/h2-4,9-10,13-15H,5-8H2,1H3. The van der Waals surface area contributed by atoms with Crippen molar-refractivity contribution in [3.05, 3.63) is 29.8 Å². The maximum Gasteiger partial charge on any atom is 0.0819 e. The zero-order valence-electron chi connectivity index (χ0n) is 9.65. The Balaban J connectivity index is 2.09. The zero-order chi connectivity index (χ0) is 11.4. The molecule has 0 aliphatic carbocycles. The summed E-state index contributed by atoms with van der Waals surface area (Å²) in [5.41, 5.74) is 1.07. The average Bonchev–Trinajstić information content (AvgIpc) is 2.39. The number of nitrogens with one attached hydrogen (secondary N) is 1. The van der Waals surface area contributed by atoms with E-state index >= 15 is 0 Å². The molecule has 88 valence electrons. The molecule has 0 saturated carbocycles. The quantitative estimate of drug-likeness (QED) is 0.792. The van der Waals surface area contributed by atoms with Crippen LogP contribution in [0.2, 0.25) is 0 Å². The van der Waals surface area contributed by atoms with Gasteiger partial charge in [0.1, 0.15) is 0 Å². The second-order valence-corrected chi connectivity index (χ2v) is 5.19. The molecule has 0 amide bonds. The molecule has 0 spiro atoms. The molecular formula is C13H19NOS. The predicted molar refractivity (Wildman–Crippen MR) is 68.8 cm³/mol. The molecule has 16 heavy (non-hydrogen) atoms. The maximum absolute atomic E-state index is 10.3. The van der Waals surface area contributed by atoms with Gasteiger partial charge in [0.05, 0.1) is 6.10 Å². The van der Waals surface area contributed by atoms with Crippen molar-refractivity contribution in [2.24, 2.45) is 5.92 Å². The monoisotopic (exact) mass is 237 g/mol. The van der Waals surface area contributed by atoms with Crippen LogP contribution < -0.4 is 5.32 Å². The van der Waals surface area contributed by atoms with Gasteiger partial charge in [-0.2, -0.15) is 0 Å². The van der Waals surface area contributed by atoms with E-state index in [9.17, 15) is 5.11 Å². The highest BCUT2D eigenvalue weighted by Gasteiger charge is 2.22. The van der Waals surface area contributed by atoms with Gasteiger partial charge in [0.15, 0.2) is 0 Å². The lowest BCUT2D eigenvalue weighted by Gasteiger charge is -2.27. The molecule has 2 nitrogen and oxygen atoms in total. The molecule has 2 rings (SSSR count). The second kappa shape index (κ2) is 5.71. The third kappa shape index (κ3) is 2.78. The number of thioether (sulfide) groups is 1. The molecule has 1 fully saturated rings. The van der Waals surface area contributed by atoms with Crippen molar-refractivity contribution in [1.82, 2.24) is 5.32 Å². The van der Waals surface area contributed by atoms with Gasteiger partial charge >= 0.3 is 0 Å². The predicted octanol–water partition coefficient (Wildman–Crippen LogP) is 2.44. The van der Waals surface area contributed by atoms with Crippen molar-refractivity contribution < 1.29 is 5.11 Å².